The van der Waals surface area contributed by atoms with Crippen molar-refractivity contribution < 1.29 is 14.9 Å². The maximum Gasteiger partial charge on any atom is 0.119 e. The van der Waals surface area contributed by atoms with Crippen molar-refractivity contribution in [2.75, 3.05) is 19.8 Å². The van der Waals surface area contributed by atoms with Crippen LogP contribution in [0.25, 0.3) is 0 Å². The second-order valence-corrected chi connectivity index (χ2v) is 4.27. The van der Waals surface area contributed by atoms with Crippen LogP contribution in [0.4, 0.5) is 0 Å². The monoisotopic (exact) mass is 239 g/mol. The van der Waals surface area contributed by atoms with Gasteiger partial charge in [0, 0.05) is 12.6 Å². The standard InChI is InChI=1S/C13H21NO3/c1-10-3-5-13(6-4-10)17-9-12(16)7-14-11(2)8-15/h3-6,11-12,14-16H,7-9H2,1-2H3. The van der Waals surface area contributed by atoms with E-state index in [1.165, 1.54) is 5.56 Å². The molecule has 0 bridgehead atoms. The smallest absolute Gasteiger partial charge is 0.119 e. The van der Waals surface area contributed by atoms with E-state index < -0.39 is 6.10 Å². The van der Waals surface area contributed by atoms with Crippen LogP contribution in [0.1, 0.15) is 12.5 Å². The van der Waals surface area contributed by atoms with Gasteiger partial charge in [-0.25, -0.2) is 0 Å². The molecule has 0 heterocycles. The Morgan fingerprint density at radius 3 is 2.53 bits per heavy atom. The van der Waals surface area contributed by atoms with Crippen LogP contribution in [0.15, 0.2) is 24.3 Å². The summed E-state index contributed by atoms with van der Waals surface area (Å²) in [5, 5.41) is 21.4. The van der Waals surface area contributed by atoms with Gasteiger partial charge in [0.25, 0.3) is 0 Å². The first-order chi connectivity index (χ1) is 8.11. The summed E-state index contributed by atoms with van der Waals surface area (Å²) in [5.74, 6) is 0.754. The lowest BCUT2D eigenvalue weighted by Crippen LogP contribution is -2.38. The summed E-state index contributed by atoms with van der Waals surface area (Å²) in [4.78, 5) is 0. The van der Waals surface area contributed by atoms with Gasteiger partial charge in [-0.3, -0.25) is 0 Å². The molecule has 0 aliphatic rings. The number of aliphatic hydroxyl groups is 2. The molecule has 0 saturated carbocycles. The van der Waals surface area contributed by atoms with Gasteiger partial charge < -0.3 is 20.3 Å². The zero-order valence-corrected chi connectivity index (χ0v) is 10.4. The summed E-state index contributed by atoms with van der Waals surface area (Å²) in [7, 11) is 0. The SMILES string of the molecule is Cc1ccc(OCC(O)CNC(C)CO)cc1. The van der Waals surface area contributed by atoms with E-state index in [4.69, 9.17) is 9.84 Å². The van der Waals surface area contributed by atoms with E-state index in [2.05, 4.69) is 5.32 Å². The Balaban J connectivity index is 2.23. The van der Waals surface area contributed by atoms with Crippen LogP contribution in [0.3, 0.4) is 0 Å². The largest absolute Gasteiger partial charge is 0.491 e. The quantitative estimate of drug-likeness (QED) is 0.655. The van der Waals surface area contributed by atoms with E-state index in [1.807, 2.05) is 38.1 Å². The molecule has 0 aliphatic carbocycles. The Kier molecular flexibility index (Phi) is 5.97. The second-order valence-electron chi connectivity index (χ2n) is 4.27. The summed E-state index contributed by atoms with van der Waals surface area (Å²) >= 11 is 0. The van der Waals surface area contributed by atoms with Gasteiger partial charge in [0.15, 0.2) is 0 Å². The Morgan fingerprint density at radius 2 is 1.94 bits per heavy atom. The third kappa shape index (κ3) is 5.68. The number of aryl methyl sites for hydroxylation is 1. The number of rotatable bonds is 7. The minimum absolute atomic E-state index is 0.0102. The molecule has 0 fully saturated rings. The molecule has 1 aromatic rings. The van der Waals surface area contributed by atoms with E-state index in [0.29, 0.717) is 6.54 Å². The maximum atomic E-state index is 9.64. The van der Waals surface area contributed by atoms with Gasteiger partial charge in [0.1, 0.15) is 18.5 Å². The number of hydrogen-bond acceptors (Lipinski definition) is 4. The molecule has 0 aromatic heterocycles. The van der Waals surface area contributed by atoms with Crippen molar-refractivity contribution in [3.63, 3.8) is 0 Å². The van der Waals surface area contributed by atoms with E-state index in [0.717, 1.165) is 5.75 Å². The van der Waals surface area contributed by atoms with E-state index in [9.17, 15) is 5.11 Å². The number of benzene rings is 1. The molecule has 0 saturated heterocycles. The van der Waals surface area contributed by atoms with Gasteiger partial charge in [0.2, 0.25) is 0 Å². The fraction of sp³-hybridized carbons (Fsp3) is 0.538. The summed E-state index contributed by atoms with van der Waals surface area (Å²) in [6.07, 6.45) is -0.578. The summed E-state index contributed by atoms with van der Waals surface area (Å²) in [6.45, 7) is 4.58. The molecule has 17 heavy (non-hydrogen) atoms. The Morgan fingerprint density at radius 1 is 1.29 bits per heavy atom. The van der Waals surface area contributed by atoms with Crippen molar-refractivity contribution in [1.82, 2.24) is 5.32 Å². The normalized spacial score (nSPS) is 14.4. The number of hydrogen-bond donors (Lipinski definition) is 3. The minimum Gasteiger partial charge on any atom is -0.491 e. The molecular formula is C13H21NO3. The highest BCUT2D eigenvalue weighted by molar-refractivity contribution is 5.26. The van der Waals surface area contributed by atoms with Gasteiger partial charge in [-0.15, -0.1) is 0 Å². The molecule has 0 radical (unpaired) electrons. The third-order valence-corrected chi connectivity index (χ3v) is 2.44. The van der Waals surface area contributed by atoms with Gasteiger partial charge >= 0.3 is 0 Å². The molecule has 2 unspecified atom stereocenters. The van der Waals surface area contributed by atoms with Gasteiger partial charge in [-0.05, 0) is 26.0 Å². The molecule has 0 amide bonds. The van der Waals surface area contributed by atoms with Gasteiger partial charge in [-0.2, -0.15) is 0 Å². The predicted octanol–water partition coefficient (Wildman–Crippen LogP) is 0.705. The number of nitrogens with one attached hydrogen (secondary N) is 1. The first-order valence-electron chi connectivity index (χ1n) is 5.83. The minimum atomic E-state index is -0.578. The first kappa shape index (κ1) is 14.0. The summed E-state index contributed by atoms with van der Waals surface area (Å²) in [6, 6.07) is 7.68. The Labute approximate surface area is 102 Å². The Bertz CT molecular complexity index is 313. The van der Waals surface area contributed by atoms with Crippen LogP contribution in [-0.4, -0.2) is 42.1 Å². The van der Waals surface area contributed by atoms with Crippen LogP contribution in [0.5, 0.6) is 5.75 Å². The molecule has 1 rings (SSSR count). The second kappa shape index (κ2) is 7.27. The fourth-order valence-corrected chi connectivity index (χ4v) is 1.29. The summed E-state index contributed by atoms with van der Waals surface area (Å²) in [5.41, 5.74) is 1.18. The lowest BCUT2D eigenvalue weighted by Gasteiger charge is -2.16. The van der Waals surface area contributed by atoms with E-state index in [-0.39, 0.29) is 19.3 Å². The Hall–Kier alpha value is -1.10. The highest BCUT2D eigenvalue weighted by Gasteiger charge is 2.07. The van der Waals surface area contributed by atoms with Crippen molar-refractivity contribution in [1.29, 1.82) is 0 Å². The molecule has 96 valence electrons. The first-order valence-corrected chi connectivity index (χ1v) is 5.83. The van der Waals surface area contributed by atoms with E-state index >= 15 is 0 Å². The summed E-state index contributed by atoms with van der Waals surface area (Å²) < 4.78 is 5.44. The molecule has 4 heteroatoms. The van der Waals surface area contributed by atoms with Crippen LogP contribution in [0, 0.1) is 6.92 Å². The number of ether oxygens (including phenoxy) is 1. The third-order valence-electron chi connectivity index (χ3n) is 2.44. The van der Waals surface area contributed by atoms with Gasteiger partial charge in [0.05, 0.1) is 6.61 Å². The zero-order valence-electron chi connectivity index (χ0n) is 10.4. The lowest BCUT2D eigenvalue weighted by molar-refractivity contribution is 0.101. The van der Waals surface area contributed by atoms with Crippen LogP contribution >= 0.6 is 0 Å². The van der Waals surface area contributed by atoms with E-state index in [1.54, 1.807) is 0 Å². The zero-order chi connectivity index (χ0) is 12.7. The van der Waals surface area contributed by atoms with Crippen molar-refractivity contribution in [3.05, 3.63) is 29.8 Å². The molecule has 2 atom stereocenters. The predicted molar refractivity (Wildman–Crippen MR) is 67.2 cm³/mol. The average Bonchev–Trinajstić information content (AvgIpc) is 2.35. The topological polar surface area (TPSA) is 61.7 Å². The molecular weight excluding hydrogens is 218 g/mol. The number of aliphatic hydroxyl groups excluding tert-OH is 2. The van der Waals surface area contributed by atoms with Crippen LogP contribution in [-0.2, 0) is 0 Å². The van der Waals surface area contributed by atoms with Crippen LogP contribution < -0.4 is 10.1 Å². The van der Waals surface area contributed by atoms with Crippen molar-refractivity contribution in [2.45, 2.75) is 26.0 Å². The van der Waals surface area contributed by atoms with Crippen molar-refractivity contribution in [3.8, 4) is 5.75 Å². The lowest BCUT2D eigenvalue weighted by atomic mass is 10.2. The molecule has 4 nitrogen and oxygen atoms in total. The maximum absolute atomic E-state index is 9.64. The van der Waals surface area contributed by atoms with Gasteiger partial charge in [-0.1, -0.05) is 17.7 Å². The fourth-order valence-electron chi connectivity index (χ4n) is 1.29. The highest BCUT2D eigenvalue weighted by atomic mass is 16.5. The molecule has 0 aliphatic heterocycles. The van der Waals surface area contributed by atoms with Crippen molar-refractivity contribution in [2.24, 2.45) is 0 Å². The molecule has 0 spiro atoms. The average molecular weight is 239 g/mol. The molecule has 1 aromatic carbocycles. The highest BCUT2D eigenvalue weighted by Crippen LogP contribution is 2.11. The van der Waals surface area contributed by atoms with Crippen LogP contribution in [0.2, 0.25) is 0 Å². The molecule has 3 N–H and O–H groups in total. The van der Waals surface area contributed by atoms with Crippen molar-refractivity contribution >= 4 is 0 Å².